The summed E-state index contributed by atoms with van der Waals surface area (Å²) >= 11 is 1.55. The molecule has 1 aliphatic heterocycles. The minimum Gasteiger partial charge on any atom is -0.479 e. The minimum atomic E-state index is -1.14. The number of para-hydroxylation sites is 1. The van der Waals surface area contributed by atoms with Gasteiger partial charge in [0.15, 0.2) is 0 Å². The molecule has 0 radical (unpaired) electrons. The number of aliphatic carboxylic acids is 1. The van der Waals surface area contributed by atoms with Crippen molar-refractivity contribution in [3.8, 4) is 0 Å². The Balaban J connectivity index is 1.93. The summed E-state index contributed by atoms with van der Waals surface area (Å²) in [5.74, 6) is -0.147. The molecule has 1 aromatic heterocycles. The van der Waals surface area contributed by atoms with Crippen molar-refractivity contribution in [2.75, 3.05) is 11.5 Å². The van der Waals surface area contributed by atoms with Gasteiger partial charge in [-0.25, -0.2) is 4.79 Å². The number of nitrogens with one attached hydrogen (secondary N) is 2. The van der Waals surface area contributed by atoms with Gasteiger partial charge < -0.3 is 15.4 Å². The minimum absolute atomic E-state index is 0.344. The zero-order chi connectivity index (χ0) is 14.2. The lowest BCUT2D eigenvalue weighted by Crippen LogP contribution is -2.54. The number of amides is 1. The van der Waals surface area contributed by atoms with Gasteiger partial charge in [-0.05, 0) is 24.3 Å². The topological polar surface area (TPSA) is 82.2 Å². The molecule has 5 nitrogen and oxygen atoms in total. The molecular formula is C14H14N2O3S. The monoisotopic (exact) mass is 290 g/mol. The van der Waals surface area contributed by atoms with Crippen LogP contribution in [0.15, 0.2) is 30.5 Å². The van der Waals surface area contributed by atoms with Crippen LogP contribution >= 0.6 is 11.8 Å². The molecule has 3 N–H and O–H groups in total. The first kappa shape index (κ1) is 13.1. The van der Waals surface area contributed by atoms with Crippen molar-refractivity contribution >= 4 is 34.5 Å². The van der Waals surface area contributed by atoms with Crippen molar-refractivity contribution in [3.05, 3.63) is 36.0 Å². The molecular weight excluding hydrogens is 276 g/mol. The van der Waals surface area contributed by atoms with E-state index in [9.17, 15) is 14.7 Å². The van der Waals surface area contributed by atoms with Crippen LogP contribution in [-0.4, -0.2) is 39.0 Å². The molecule has 104 valence electrons. The third kappa shape index (κ3) is 2.06. The van der Waals surface area contributed by atoms with E-state index in [-0.39, 0.29) is 5.91 Å². The van der Waals surface area contributed by atoms with Gasteiger partial charge in [-0.3, -0.25) is 4.79 Å². The highest BCUT2D eigenvalue weighted by molar-refractivity contribution is 7.99. The SMILES string of the molecule is O=C(N[C@]1(C(=O)O)CCSC1)c1cccc2cc[nH]c12. The summed E-state index contributed by atoms with van der Waals surface area (Å²) in [5, 5.41) is 13.0. The number of benzene rings is 1. The zero-order valence-corrected chi connectivity index (χ0v) is 11.5. The molecule has 1 atom stereocenters. The number of hydrogen-bond donors (Lipinski definition) is 3. The van der Waals surface area contributed by atoms with E-state index in [1.54, 1.807) is 30.1 Å². The first-order valence-corrected chi connectivity index (χ1v) is 7.48. The lowest BCUT2D eigenvalue weighted by Gasteiger charge is -2.24. The fourth-order valence-electron chi connectivity index (χ4n) is 2.44. The number of carboxylic acid groups (broad SMARTS) is 1. The summed E-state index contributed by atoms with van der Waals surface area (Å²) in [6.45, 7) is 0. The maximum Gasteiger partial charge on any atom is 0.330 e. The van der Waals surface area contributed by atoms with Crippen LogP contribution < -0.4 is 5.32 Å². The van der Waals surface area contributed by atoms with E-state index in [2.05, 4.69) is 10.3 Å². The van der Waals surface area contributed by atoms with Crippen LogP contribution in [0.4, 0.5) is 0 Å². The molecule has 2 heterocycles. The molecule has 0 aliphatic carbocycles. The summed E-state index contributed by atoms with van der Waals surface area (Å²) in [5.41, 5.74) is 0.0671. The van der Waals surface area contributed by atoms with E-state index in [0.717, 1.165) is 16.7 Å². The van der Waals surface area contributed by atoms with E-state index in [1.165, 1.54) is 0 Å². The third-order valence-electron chi connectivity index (χ3n) is 3.62. The van der Waals surface area contributed by atoms with E-state index in [1.807, 2.05) is 12.1 Å². The fraction of sp³-hybridized carbons (Fsp3) is 0.286. The number of carbonyl (C=O) groups is 2. The number of rotatable bonds is 3. The molecule has 1 fully saturated rings. The summed E-state index contributed by atoms with van der Waals surface area (Å²) in [6, 6.07) is 7.28. The second-order valence-corrected chi connectivity index (χ2v) is 6.00. The highest BCUT2D eigenvalue weighted by Crippen LogP contribution is 2.29. The Morgan fingerprint density at radius 2 is 2.20 bits per heavy atom. The molecule has 3 rings (SSSR count). The average Bonchev–Trinajstić information content (AvgIpc) is 3.06. The largest absolute Gasteiger partial charge is 0.479 e. The lowest BCUT2D eigenvalue weighted by atomic mass is 9.98. The van der Waals surface area contributed by atoms with E-state index in [0.29, 0.717) is 17.7 Å². The van der Waals surface area contributed by atoms with Gasteiger partial charge in [0.25, 0.3) is 5.91 Å². The second-order valence-electron chi connectivity index (χ2n) is 4.89. The van der Waals surface area contributed by atoms with Gasteiger partial charge in [0.1, 0.15) is 5.54 Å². The number of aromatic nitrogens is 1. The standard InChI is InChI=1S/C14H14N2O3S/c17-12(16-14(13(18)19)5-7-20-8-14)10-3-1-2-9-4-6-15-11(9)10/h1-4,6,15H,5,7-8H2,(H,16,17)(H,18,19)/t14-/m1/s1. The van der Waals surface area contributed by atoms with E-state index < -0.39 is 11.5 Å². The quantitative estimate of drug-likeness (QED) is 0.806. The Kier molecular flexibility index (Phi) is 3.17. The van der Waals surface area contributed by atoms with Crippen LogP contribution in [0.2, 0.25) is 0 Å². The maximum absolute atomic E-state index is 12.4. The summed E-state index contributed by atoms with van der Waals surface area (Å²) in [7, 11) is 0. The Labute approximate surface area is 119 Å². The van der Waals surface area contributed by atoms with Gasteiger partial charge >= 0.3 is 5.97 Å². The van der Waals surface area contributed by atoms with Crippen LogP contribution in [0, 0.1) is 0 Å². The van der Waals surface area contributed by atoms with E-state index >= 15 is 0 Å². The first-order valence-electron chi connectivity index (χ1n) is 6.32. The molecule has 20 heavy (non-hydrogen) atoms. The summed E-state index contributed by atoms with van der Waals surface area (Å²) < 4.78 is 0. The van der Waals surface area contributed by atoms with Crippen LogP contribution in [0.3, 0.4) is 0 Å². The molecule has 6 heteroatoms. The molecule has 0 bridgehead atoms. The first-order chi connectivity index (χ1) is 9.62. The van der Waals surface area contributed by atoms with Crippen LogP contribution in [0.25, 0.3) is 10.9 Å². The second kappa shape index (κ2) is 4.86. The Hall–Kier alpha value is -1.95. The lowest BCUT2D eigenvalue weighted by molar-refractivity contribution is -0.143. The number of carbonyl (C=O) groups excluding carboxylic acids is 1. The normalized spacial score (nSPS) is 22.0. The van der Waals surface area contributed by atoms with Crippen LogP contribution in [-0.2, 0) is 4.79 Å². The van der Waals surface area contributed by atoms with Crippen molar-refractivity contribution in [2.45, 2.75) is 12.0 Å². The summed E-state index contributed by atoms with van der Waals surface area (Å²) in [4.78, 5) is 26.9. The van der Waals surface area contributed by atoms with Gasteiger partial charge in [-0.15, -0.1) is 0 Å². The Morgan fingerprint density at radius 3 is 2.90 bits per heavy atom. The molecule has 0 spiro atoms. The number of fused-ring (bicyclic) bond motifs is 1. The van der Waals surface area contributed by atoms with Crippen molar-refractivity contribution in [3.63, 3.8) is 0 Å². The van der Waals surface area contributed by atoms with Crippen molar-refractivity contribution < 1.29 is 14.7 Å². The Bertz CT molecular complexity index is 674. The molecule has 1 aromatic carbocycles. The van der Waals surface area contributed by atoms with Crippen LogP contribution in [0.1, 0.15) is 16.8 Å². The van der Waals surface area contributed by atoms with Crippen LogP contribution in [0.5, 0.6) is 0 Å². The highest BCUT2D eigenvalue weighted by atomic mass is 32.2. The fourth-order valence-corrected chi connectivity index (χ4v) is 3.77. The average molecular weight is 290 g/mol. The Morgan fingerprint density at radius 1 is 1.35 bits per heavy atom. The van der Waals surface area contributed by atoms with Crippen molar-refractivity contribution in [1.82, 2.24) is 10.3 Å². The predicted molar refractivity (Wildman–Crippen MR) is 78.1 cm³/mol. The number of carboxylic acids is 1. The highest BCUT2D eigenvalue weighted by Gasteiger charge is 2.43. The maximum atomic E-state index is 12.4. The summed E-state index contributed by atoms with van der Waals surface area (Å²) in [6.07, 6.45) is 2.22. The van der Waals surface area contributed by atoms with Gasteiger partial charge in [0.2, 0.25) is 0 Å². The van der Waals surface area contributed by atoms with E-state index in [4.69, 9.17) is 0 Å². The van der Waals surface area contributed by atoms with Gasteiger partial charge in [-0.1, -0.05) is 12.1 Å². The molecule has 0 saturated carbocycles. The van der Waals surface area contributed by atoms with Gasteiger partial charge in [-0.2, -0.15) is 11.8 Å². The number of aromatic amines is 1. The molecule has 1 amide bonds. The van der Waals surface area contributed by atoms with Crippen molar-refractivity contribution in [1.29, 1.82) is 0 Å². The molecule has 1 aliphatic rings. The van der Waals surface area contributed by atoms with Crippen molar-refractivity contribution in [2.24, 2.45) is 0 Å². The zero-order valence-electron chi connectivity index (χ0n) is 10.7. The number of thioether (sulfide) groups is 1. The van der Waals surface area contributed by atoms with Gasteiger partial charge in [0, 0.05) is 17.3 Å². The smallest absolute Gasteiger partial charge is 0.330 e. The molecule has 2 aromatic rings. The van der Waals surface area contributed by atoms with Gasteiger partial charge in [0.05, 0.1) is 11.1 Å². The molecule has 1 saturated heterocycles. The number of hydrogen-bond acceptors (Lipinski definition) is 3. The third-order valence-corrected chi connectivity index (χ3v) is 4.81. The predicted octanol–water partition coefficient (Wildman–Crippen LogP) is 1.86. The number of H-pyrrole nitrogens is 1. The molecule has 0 unspecified atom stereocenters.